The quantitative estimate of drug-likeness (QED) is 0.403. The minimum Gasteiger partial charge on any atom is -0.273 e. The van der Waals surface area contributed by atoms with Crippen molar-refractivity contribution in [3.63, 3.8) is 0 Å². The highest BCUT2D eigenvalue weighted by atomic mass is 16.2. The molecule has 0 saturated heterocycles. The van der Waals surface area contributed by atoms with Gasteiger partial charge in [0.05, 0.1) is 5.71 Å². The van der Waals surface area contributed by atoms with Crippen LogP contribution < -0.4 is 5.43 Å². The number of nitrogens with zero attached hydrogens (tertiary/aromatic N) is 1. The Morgan fingerprint density at radius 3 is 2.33 bits per heavy atom. The Balaban J connectivity index is 2.41. The molecule has 0 aromatic heterocycles. The van der Waals surface area contributed by atoms with Crippen LogP contribution in [0, 0.1) is 6.92 Å². The van der Waals surface area contributed by atoms with Gasteiger partial charge in [0.2, 0.25) is 5.91 Å². The van der Waals surface area contributed by atoms with Gasteiger partial charge >= 0.3 is 0 Å². The van der Waals surface area contributed by atoms with Gasteiger partial charge in [-0.3, -0.25) is 4.79 Å². The molecule has 0 atom stereocenters. The predicted octanol–water partition coefficient (Wildman–Crippen LogP) is 4.59. The monoisotopic (exact) mass is 288 g/mol. The van der Waals surface area contributed by atoms with Crippen molar-refractivity contribution in [1.82, 2.24) is 5.43 Å². The van der Waals surface area contributed by atoms with Crippen LogP contribution in [-0.2, 0) is 4.79 Å². The third kappa shape index (κ3) is 7.07. The van der Waals surface area contributed by atoms with Crippen molar-refractivity contribution < 1.29 is 4.79 Å². The summed E-state index contributed by atoms with van der Waals surface area (Å²) >= 11 is 0. The maximum atomic E-state index is 11.8. The summed E-state index contributed by atoms with van der Waals surface area (Å²) < 4.78 is 0. The molecule has 1 aromatic rings. The molecule has 0 bridgehead atoms. The van der Waals surface area contributed by atoms with Crippen molar-refractivity contribution >= 4 is 11.6 Å². The third-order valence-corrected chi connectivity index (χ3v) is 3.54. The number of rotatable bonds is 9. The summed E-state index contributed by atoms with van der Waals surface area (Å²) in [5.74, 6) is 0.0181. The van der Waals surface area contributed by atoms with Crippen molar-refractivity contribution in [2.75, 3.05) is 0 Å². The molecule has 3 heteroatoms. The molecule has 1 N–H and O–H groups in total. The van der Waals surface area contributed by atoms with E-state index in [0.29, 0.717) is 6.42 Å². The maximum Gasteiger partial charge on any atom is 0.240 e. The molecule has 3 nitrogen and oxygen atoms in total. The lowest BCUT2D eigenvalue weighted by molar-refractivity contribution is -0.121. The van der Waals surface area contributed by atoms with Gasteiger partial charge in [-0.05, 0) is 25.3 Å². The van der Waals surface area contributed by atoms with Crippen LogP contribution in [0.2, 0.25) is 0 Å². The van der Waals surface area contributed by atoms with Crippen molar-refractivity contribution in [3.05, 3.63) is 35.4 Å². The number of amides is 1. The average molecular weight is 288 g/mol. The van der Waals surface area contributed by atoms with E-state index in [1.54, 1.807) is 0 Å². The van der Waals surface area contributed by atoms with Crippen molar-refractivity contribution in [2.24, 2.45) is 5.10 Å². The fourth-order valence-corrected chi connectivity index (χ4v) is 2.17. The lowest BCUT2D eigenvalue weighted by Crippen LogP contribution is -2.19. The van der Waals surface area contributed by atoms with Crippen LogP contribution in [0.4, 0.5) is 0 Å². The second-order valence-electron chi connectivity index (χ2n) is 5.48. The summed E-state index contributed by atoms with van der Waals surface area (Å²) in [6.45, 7) is 6.31. The summed E-state index contributed by atoms with van der Waals surface area (Å²) in [4.78, 5) is 11.8. The zero-order valence-corrected chi connectivity index (χ0v) is 13.6. The Morgan fingerprint density at radius 1 is 1.05 bits per heavy atom. The molecular weight excluding hydrogens is 260 g/mol. The predicted molar refractivity (Wildman–Crippen MR) is 89.5 cm³/mol. The molecule has 1 aromatic carbocycles. The molecule has 0 unspecified atom stereocenters. The van der Waals surface area contributed by atoms with Gasteiger partial charge in [-0.1, -0.05) is 69.4 Å². The number of aryl methyl sites for hydroxylation is 1. The molecule has 0 aliphatic heterocycles. The number of unbranched alkanes of at least 4 members (excludes halogenated alkanes) is 4. The van der Waals surface area contributed by atoms with Crippen molar-refractivity contribution in [1.29, 1.82) is 0 Å². The average Bonchev–Trinajstić information content (AvgIpc) is 2.49. The van der Waals surface area contributed by atoms with Gasteiger partial charge in [-0.25, -0.2) is 5.43 Å². The van der Waals surface area contributed by atoms with Crippen molar-refractivity contribution in [3.8, 4) is 0 Å². The first-order chi connectivity index (χ1) is 10.2. The molecule has 0 aliphatic carbocycles. The third-order valence-electron chi connectivity index (χ3n) is 3.54. The molecule has 0 aliphatic rings. The lowest BCUT2D eigenvalue weighted by atomic mass is 10.1. The summed E-state index contributed by atoms with van der Waals surface area (Å²) in [6.07, 6.45) is 7.16. The van der Waals surface area contributed by atoms with Crippen LogP contribution in [0.15, 0.2) is 29.4 Å². The van der Waals surface area contributed by atoms with E-state index in [0.717, 1.165) is 30.5 Å². The first-order valence-electron chi connectivity index (χ1n) is 8.09. The molecule has 1 rings (SSSR count). The number of carbonyl (C=O) groups excluding carboxylic acids is 1. The minimum absolute atomic E-state index is 0.0181. The highest BCUT2D eigenvalue weighted by molar-refractivity contribution is 6.00. The van der Waals surface area contributed by atoms with Crippen LogP contribution in [0.5, 0.6) is 0 Å². The number of hydrogen-bond donors (Lipinski definition) is 1. The van der Waals surface area contributed by atoms with Crippen LogP contribution in [0.25, 0.3) is 0 Å². The smallest absolute Gasteiger partial charge is 0.240 e. The Hall–Kier alpha value is -1.64. The molecule has 21 heavy (non-hydrogen) atoms. The molecule has 0 heterocycles. The highest BCUT2D eigenvalue weighted by Gasteiger charge is 2.03. The number of nitrogens with one attached hydrogen (secondary N) is 1. The molecular formula is C18H28N2O. The van der Waals surface area contributed by atoms with Crippen LogP contribution in [0.3, 0.4) is 0 Å². The van der Waals surface area contributed by atoms with Crippen LogP contribution in [0.1, 0.15) is 69.9 Å². The molecule has 0 spiro atoms. The Kier molecular flexibility index (Phi) is 8.41. The SMILES string of the molecule is CCCCCCCC(=O)N/N=C(\CC)c1ccc(C)cc1. The summed E-state index contributed by atoms with van der Waals surface area (Å²) in [7, 11) is 0. The van der Waals surface area contributed by atoms with Gasteiger partial charge in [0, 0.05) is 6.42 Å². The van der Waals surface area contributed by atoms with Gasteiger partial charge in [-0.2, -0.15) is 5.10 Å². The zero-order chi connectivity index (χ0) is 15.5. The first kappa shape index (κ1) is 17.4. The normalized spacial score (nSPS) is 11.5. The second kappa shape index (κ2) is 10.1. The van der Waals surface area contributed by atoms with Gasteiger partial charge < -0.3 is 0 Å². The minimum atomic E-state index is 0.0181. The highest BCUT2D eigenvalue weighted by Crippen LogP contribution is 2.07. The first-order valence-corrected chi connectivity index (χ1v) is 8.09. The van der Waals surface area contributed by atoms with E-state index >= 15 is 0 Å². The Morgan fingerprint density at radius 2 is 1.71 bits per heavy atom. The summed E-state index contributed by atoms with van der Waals surface area (Å²) in [5.41, 5.74) is 5.91. The number of hydrogen-bond acceptors (Lipinski definition) is 2. The van der Waals surface area contributed by atoms with Gasteiger partial charge in [0.25, 0.3) is 0 Å². The number of carbonyl (C=O) groups is 1. The molecule has 0 fully saturated rings. The van der Waals surface area contributed by atoms with E-state index in [1.165, 1.54) is 24.8 Å². The lowest BCUT2D eigenvalue weighted by Gasteiger charge is -2.06. The van der Waals surface area contributed by atoms with E-state index < -0.39 is 0 Å². The number of benzene rings is 1. The van der Waals surface area contributed by atoms with E-state index in [2.05, 4.69) is 55.6 Å². The fourth-order valence-electron chi connectivity index (χ4n) is 2.17. The van der Waals surface area contributed by atoms with E-state index in [9.17, 15) is 4.79 Å². The van der Waals surface area contributed by atoms with Crippen molar-refractivity contribution in [2.45, 2.75) is 65.7 Å². The molecule has 1 amide bonds. The van der Waals surface area contributed by atoms with Gasteiger partial charge in [-0.15, -0.1) is 0 Å². The maximum absolute atomic E-state index is 11.8. The fraction of sp³-hybridized carbons (Fsp3) is 0.556. The molecule has 0 saturated carbocycles. The molecule has 116 valence electrons. The van der Waals surface area contributed by atoms with E-state index in [1.807, 2.05) is 0 Å². The summed E-state index contributed by atoms with van der Waals surface area (Å²) in [6, 6.07) is 8.23. The molecule has 0 radical (unpaired) electrons. The largest absolute Gasteiger partial charge is 0.273 e. The summed E-state index contributed by atoms with van der Waals surface area (Å²) in [5, 5.41) is 4.27. The Labute approximate surface area is 128 Å². The number of hydrazone groups is 1. The van der Waals surface area contributed by atoms with Gasteiger partial charge in [0.15, 0.2) is 0 Å². The second-order valence-corrected chi connectivity index (χ2v) is 5.48. The van der Waals surface area contributed by atoms with Gasteiger partial charge in [0.1, 0.15) is 0 Å². The van der Waals surface area contributed by atoms with Crippen LogP contribution >= 0.6 is 0 Å². The van der Waals surface area contributed by atoms with E-state index in [4.69, 9.17) is 0 Å². The van der Waals surface area contributed by atoms with E-state index in [-0.39, 0.29) is 5.91 Å². The van der Waals surface area contributed by atoms with Crippen LogP contribution in [-0.4, -0.2) is 11.6 Å². The standard InChI is InChI=1S/C18H28N2O/c1-4-6-7-8-9-10-18(21)20-19-17(5-2)16-13-11-15(3)12-14-16/h11-14H,4-10H2,1-3H3,(H,20,21)/b19-17+. The Bertz CT molecular complexity index is 449. The zero-order valence-electron chi connectivity index (χ0n) is 13.6. The topological polar surface area (TPSA) is 41.5 Å².